The van der Waals surface area contributed by atoms with Crippen molar-refractivity contribution in [2.75, 3.05) is 38.3 Å². The summed E-state index contributed by atoms with van der Waals surface area (Å²) in [5.41, 5.74) is 3.93. The van der Waals surface area contributed by atoms with Crippen LogP contribution in [-0.2, 0) is 23.8 Å². The molecule has 2 aliphatic heterocycles. The molecule has 2 unspecified atom stereocenters. The summed E-state index contributed by atoms with van der Waals surface area (Å²) < 4.78 is 8.12. The van der Waals surface area contributed by atoms with E-state index in [0.717, 1.165) is 64.1 Å². The Morgan fingerprint density at radius 2 is 1.85 bits per heavy atom. The van der Waals surface area contributed by atoms with E-state index in [1.165, 1.54) is 0 Å². The van der Waals surface area contributed by atoms with Crippen molar-refractivity contribution in [1.29, 1.82) is 0 Å². The van der Waals surface area contributed by atoms with E-state index in [1.807, 2.05) is 65.3 Å². The summed E-state index contributed by atoms with van der Waals surface area (Å²) in [4.78, 5) is 17.3. The van der Waals surface area contributed by atoms with Gasteiger partial charge in [-0.05, 0) is 49.9 Å². The molecule has 0 radical (unpaired) electrons. The van der Waals surface area contributed by atoms with Crippen LogP contribution in [0.4, 0.5) is 5.69 Å². The van der Waals surface area contributed by atoms with E-state index in [0.29, 0.717) is 26.0 Å². The molecule has 40 heavy (non-hydrogen) atoms. The molecule has 2 aliphatic rings. The Morgan fingerprint density at radius 3 is 2.67 bits per heavy atom. The molecule has 3 aromatic carbocycles. The lowest BCUT2D eigenvalue weighted by Crippen LogP contribution is -2.53. The molecule has 3 heterocycles. The number of carboxylic acid groups (broad SMARTS) is 1. The number of rotatable bonds is 7. The van der Waals surface area contributed by atoms with Gasteiger partial charge in [-0.1, -0.05) is 54.6 Å². The average molecular weight is 541 g/mol. The molecule has 4 aromatic rings. The molecule has 0 saturated heterocycles. The lowest BCUT2D eigenvalue weighted by atomic mass is 9.73. The summed E-state index contributed by atoms with van der Waals surface area (Å²) in [5.74, 6) is -0.101. The van der Waals surface area contributed by atoms with Crippen molar-refractivity contribution in [3.63, 3.8) is 0 Å². The molecular weight excluding hydrogens is 504 g/mol. The number of carbonyl (C=O) groups is 1. The van der Waals surface area contributed by atoms with Crippen molar-refractivity contribution >= 4 is 22.4 Å². The number of aliphatic hydroxyl groups excluding tert-OH is 1. The molecule has 8 heteroatoms. The molecule has 2 N–H and O–H groups in total. The fourth-order valence-corrected chi connectivity index (χ4v) is 6.79. The summed E-state index contributed by atoms with van der Waals surface area (Å²) >= 11 is 0. The molecule has 0 aliphatic carbocycles. The zero-order valence-corrected chi connectivity index (χ0v) is 23.1. The Hall–Kier alpha value is -3.88. The van der Waals surface area contributed by atoms with E-state index in [1.54, 1.807) is 0 Å². The average Bonchev–Trinajstić information content (AvgIpc) is 3.46. The maximum absolute atomic E-state index is 13.0. The van der Waals surface area contributed by atoms with Gasteiger partial charge in [0.25, 0.3) is 0 Å². The summed E-state index contributed by atoms with van der Waals surface area (Å²) in [7, 11) is 4.04. The molecule has 0 saturated carbocycles. The Kier molecular flexibility index (Phi) is 6.98. The monoisotopic (exact) mass is 540 g/mol. The Bertz CT molecular complexity index is 1540. The van der Waals surface area contributed by atoms with E-state index in [9.17, 15) is 15.0 Å². The standard InChI is InChI=1S/C32H36N4O4/c1-34-16-8-17-36-29-24(25-19-33-35(2)27(25)20-34)12-6-13-26(29)32(21-37,30(36)31(38)39)15-7-18-40-28-14-5-10-22-9-3-4-11-23(22)28/h3-6,9-14,19,30,37H,7-8,15-18,20-21H2,1-2H3,(H,38,39). The highest BCUT2D eigenvalue weighted by Gasteiger charge is 2.54. The number of aromatic nitrogens is 2. The maximum Gasteiger partial charge on any atom is 0.327 e. The lowest BCUT2D eigenvalue weighted by molar-refractivity contribution is -0.141. The predicted molar refractivity (Wildman–Crippen MR) is 156 cm³/mol. The second kappa shape index (κ2) is 10.6. The van der Waals surface area contributed by atoms with E-state index in [4.69, 9.17) is 4.74 Å². The summed E-state index contributed by atoms with van der Waals surface area (Å²) in [6.45, 7) is 2.35. The molecule has 0 amide bonds. The van der Waals surface area contributed by atoms with Gasteiger partial charge in [-0.25, -0.2) is 4.79 Å². The van der Waals surface area contributed by atoms with Crippen LogP contribution < -0.4 is 9.64 Å². The number of aryl methyl sites for hydroxylation is 1. The topological polar surface area (TPSA) is 91.1 Å². The third-order valence-corrected chi connectivity index (χ3v) is 8.70. The highest BCUT2D eigenvalue weighted by atomic mass is 16.5. The Labute approximate surface area is 234 Å². The Balaban J connectivity index is 1.37. The first-order chi connectivity index (χ1) is 19.4. The zero-order valence-electron chi connectivity index (χ0n) is 23.1. The van der Waals surface area contributed by atoms with Gasteiger partial charge in [0.2, 0.25) is 0 Å². The van der Waals surface area contributed by atoms with Gasteiger partial charge in [0.05, 0.1) is 30.5 Å². The number of aliphatic hydroxyl groups is 1. The first-order valence-corrected chi connectivity index (χ1v) is 14.0. The van der Waals surface area contributed by atoms with Gasteiger partial charge in [-0.3, -0.25) is 4.68 Å². The SMILES string of the molecule is CN1CCCN2c3c(cccc3C(CO)(CCCOc3cccc4ccccc34)C2C(=O)O)-c2cnn(C)c2C1. The van der Waals surface area contributed by atoms with E-state index >= 15 is 0 Å². The van der Waals surface area contributed by atoms with Crippen LogP contribution >= 0.6 is 0 Å². The van der Waals surface area contributed by atoms with Crippen molar-refractivity contribution in [2.24, 2.45) is 7.05 Å². The first-order valence-electron chi connectivity index (χ1n) is 14.0. The van der Waals surface area contributed by atoms with Crippen molar-refractivity contribution in [3.8, 4) is 16.9 Å². The number of fused-ring (bicyclic) bond motifs is 3. The summed E-state index contributed by atoms with van der Waals surface area (Å²) in [5, 5.41) is 28.4. The first kappa shape index (κ1) is 26.3. The fourth-order valence-electron chi connectivity index (χ4n) is 6.79. The van der Waals surface area contributed by atoms with Crippen LogP contribution in [0.3, 0.4) is 0 Å². The lowest BCUT2D eigenvalue weighted by Gasteiger charge is -2.36. The van der Waals surface area contributed by atoms with Crippen LogP contribution in [0, 0.1) is 0 Å². The molecule has 6 rings (SSSR count). The molecule has 0 spiro atoms. The normalized spacial score (nSPS) is 20.8. The highest BCUT2D eigenvalue weighted by molar-refractivity contribution is 5.93. The van der Waals surface area contributed by atoms with E-state index in [2.05, 4.69) is 35.2 Å². The largest absolute Gasteiger partial charge is 0.493 e. The molecule has 8 nitrogen and oxygen atoms in total. The molecule has 0 fully saturated rings. The molecule has 2 atom stereocenters. The van der Waals surface area contributed by atoms with Crippen molar-refractivity contribution in [2.45, 2.75) is 37.3 Å². The Morgan fingerprint density at radius 1 is 1.05 bits per heavy atom. The number of carboxylic acids is 1. The van der Waals surface area contributed by atoms with Crippen LogP contribution in [0.5, 0.6) is 5.75 Å². The van der Waals surface area contributed by atoms with Crippen molar-refractivity contribution < 1.29 is 19.7 Å². The van der Waals surface area contributed by atoms with E-state index < -0.39 is 17.4 Å². The van der Waals surface area contributed by atoms with Gasteiger partial charge in [-0.2, -0.15) is 5.10 Å². The van der Waals surface area contributed by atoms with Gasteiger partial charge < -0.3 is 24.7 Å². The quantitative estimate of drug-likeness (QED) is 0.335. The number of aliphatic carboxylic acids is 1. The van der Waals surface area contributed by atoms with Crippen molar-refractivity contribution in [3.05, 3.63) is 78.1 Å². The van der Waals surface area contributed by atoms with Crippen LogP contribution in [0.25, 0.3) is 21.9 Å². The van der Waals surface area contributed by atoms with Gasteiger partial charge in [0, 0.05) is 42.3 Å². The molecule has 1 aromatic heterocycles. The van der Waals surface area contributed by atoms with Crippen LogP contribution in [0.1, 0.15) is 30.5 Å². The van der Waals surface area contributed by atoms with Gasteiger partial charge in [-0.15, -0.1) is 0 Å². The zero-order chi connectivity index (χ0) is 27.9. The second-order valence-electron chi connectivity index (χ2n) is 11.1. The smallest absolute Gasteiger partial charge is 0.327 e. The van der Waals surface area contributed by atoms with Crippen LogP contribution in [0.15, 0.2) is 66.9 Å². The summed E-state index contributed by atoms with van der Waals surface area (Å²) in [6.07, 6.45) is 3.78. The minimum Gasteiger partial charge on any atom is -0.493 e. The van der Waals surface area contributed by atoms with E-state index in [-0.39, 0.29) is 6.61 Å². The molecular formula is C32H36N4O4. The predicted octanol–water partition coefficient (Wildman–Crippen LogP) is 4.44. The van der Waals surface area contributed by atoms with Crippen molar-refractivity contribution in [1.82, 2.24) is 14.7 Å². The number of hydrogen-bond donors (Lipinski definition) is 2. The number of anilines is 1. The van der Waals surface area contributed by atoms with Gasteiger partial charge in [0.1, 0.15) is 11.8 Å². The van der Waals surface area contributed by atoms with Crippen LogP contribution in [-0.4, -0.2) is 70.3 Å². The minimum absolute atomic E-state index is 0.259. The number of hydrogen-bond acceptors (Lipinski definition) is 6. The highest BCUT2D eigenvalue weighted by Crippen LogP contribution is 2.52. The number of ether oxygens (including phenoxy) is 1. The van der Waals surface area contributed by atoms with Gasteiger partial charge in [0.15, 0.2) is 0 Å². The molecule has 208 valence electrons. The number of nitrogens with zero attached hydrogens (tertiary/aromatic N) is 4. The second-order valence-corrected chi connectivity index (χ2v) is 11.1. The molecule has 0 bridgehead atoms. The maximum atomic E-state index is 13.0. The third-order valence-electron chi connectivity index (χ3n) is 8.70. The fraction of sp³-hybridized carbons (Fsp3) is 0.375. The van der Waals surface area contributed by atoms with Gasteiger partial charge >= 0.3 is 5.97 Å². The minimum atomic E-state index is -0.957. The van der Waals surface area contributed by atoms with Crippen LogP contribution in [0.2, 0.25) is 0 Å². The number of para-hydroxylation sites is 1. The number of benzene rings is 3. The summed E-state index contributed by atoms with van der Waals surface area (Å²) in [6, 6.07) is 19.3. The third kappa shape index (κ3) is 4.32.